The normalized spacial score (nSPS) is 11.3. The van der Waals surface area contributed by atoms with E-state index in [1.165, 1.54) is 24.0 Å². The fraction of sp³-hybridized carbons (Fsp3) is 0.412. The van der Waals surface area contributed by atoms with Crippen LogP contribution in [-0.2, 0) is 43.3 Å². The van der Waals surface area contributed by atoms with Crippen molar-refractivity contribution in [1.29, 1.82) is 0 Å². The number of ether oxygens (including phenoxy) is 5. The van der Waals surface area contributed by atoms with E-state index in [1.807, 2.05) is 97.9 Å². The van der Waals surface area contributed by atoms with Gasteiger partial charge in [0, 0.05) is 39.8 Å². The van der Waals surface area contributed by atoms with E-state index in [0.29, 0.717) is 32.9 Å². The van der Waals surface area contributed by atoms with Crippen LogP contribution >= 0.6 is 0 Å². The van der Waals surface area contributed by atoms with Gasteiger partial charge in [-0.2, -0.15) is 0 Å². The van der Waals surface area contributed by atoms with Gasteiger partial charge in [-0.05, 0) is 16.7 Å². The number of methoxy groups -OCH3 is 3. The molecule has 0 saturated carbocycles. The van der Waals surface area contributed by atoms with Crippen LogP contribution in [0.4, 0.5) is 9.59 Å². The van der Waals surface area contributed by atoms with Crippen molar-refractivity contribution in [3.63, 3.8) is 0 Å². The van der Waals surface area contributed by atoms with Gasteiger partial charge < -0.3 is 23.7 Å². The Morgan fingerprint density at radius 2 is 0.932 bits per heavy atom. The second-order valence-corrected chi connectivity index (χ2v) is 11.0. The summed E-state index contributed by atoms with van der Waals surface area (Å²) >= 11 is 0. The first kappa shape index (κ1) is 34.5. The topological polar surface area (TPSA) is 90.0 Å². The maximum Gasteiger partial charge on any atom is 0.411 e. The van der Waals surface area contributed by atoms with Crippen molar-refractivity contribution in [2.45, 2.75) is 26.6 Å². The third kappa shape index (κ3) is 12.0. The van der Waals surface area contributed by atoms with Crippen LogP contribution in [0.25, 0.3) is 0 Å². The predicted octanol–water partition coefficient (Wildman–Crippen LogP) is 5.58. The molecule has 3 aromatic rings. The van der Waals surface area contributed by atoms with E-state index in [2.05, 4.69) is 4.90 Å². The standard InChI is InChI=1S/C34H45N3O7/c1-34(23-35(26-40-2)20-29-14-8-5-9-15-29,24-43-32(38)36(27-41-3)21-30-16-10-6-11-17-30)25-44-33(39)37(28-42-4)22-31-18-12-7-13-19-31/h5-19H,20-28H2,1-4H3. The molecule has 0 spiro atoms. The molecule has 0 saturated heterocycles. The first-order chi connectivity index (χ1) is 21.4. The summed E-state index contributed by atoms with van der Waals surface area (Å²) in [5, 5.41) is 0. The fourth-order valence-corrected chi connectivity index (χ4v) is 4.74. The molecule has 0 radical (unpaired) electrons. The number of amides is 2. The molecule has 238 valence electrons. The number of hydrogen-bond donors (Lipinski definition) is 0. The third-order valence-corrected chi connectivity index (χ3v) is 6.77. The Balaban J connectivity index is 1.75. The third-order valence-electron chi connectivity index (χ3n) is 6.77. The average Bonchev–Trinajstić information content (AvgIpc) is 3.04. The second-order valence-electron chi connectivity index (χ2n) is 11.0. The van der Waals surface area contributed by atoms with Crippen LogP contribution in [0.15, 0.2) is 91.0 Å². The Labute approximate surface area is 261 Å². The summed E-state index contributed by atoms with van der Waals surface area (Å²) in [5.41, 5.74) is 2.22. The first-order valence-corrected chi connectivity index (χ1v) is 14.5. The van der Waals surface area contributed by atoms with Gasteiger partial charge in [-0.15, -0.1) is 0 Å². The van der Waals surface area contributed by atoms with Gasteiger partial charge in [0.15, 0.2) is 0 Å². The van der Waals surface area contributed by atoms with Crippen LogP contribution in [0.3, 0.4) is 0 Å². The van der Waals surface area contributed by atoms with Crippen molar-refractivity contribution in [2.24, 2.45) is 5.41 Å². The number of benzene rings is 3. The molecule has 0 fully saturated rings. The highest BCUT2D eigenvalue weighted by Gasteiger charge is 2.33. The van der Waals surface area contributed by atoms with E-state index >= 15 is 0 Å². The number of carbonyl (C=O) groups is 2. The molecular weight excluding hydrogens is 562 g/mol. The minimum absolute atomic E-state index is 0.00785. The van der Waals surface area contributed by atoms with E-state index in [-0.39, 0.29) is 26.7 Å². The summed E-state index contributed by atoms with van der Waals surface area (Å²) in [6, 6.07) is 29.3. The van der Waals surface area contributed by atoms with Gasteiger partial charge in [0.2, 0.25) is 0 Å². The SMILES string of the molecule is COCN(Cc1ccccc1)CC(C)(COC(=O)N(COC)Cc1ccccc1)COC(=O)N(COC)Cc1ccccc1. The highest BCUT2D eigenvalue weighted by molar-refractivity contribution is 5.68. The smallest absolute Gasteiger partial charge is 0.411 e. The van der Waals surface area contributed by atoms with Gasteiger partial charge >= 0.3 is 12.2 Å². The van der Waals surface area contributed by atoms with E-state index in [4.69, 9.17) is 23.7 Å². The van der Waals surface area contributed by atoms with Gasteiger partial charge in [-0.1, -0.05) is 97.9 Å². The molecule has 0 aromatic heterocycles. The van der Waals surface area contributed by atoms with Crippen molar-refractivity contribution in [1.82, 2.24) is 14.7 Å². The molecule has 2 amide bonds. The summed E-state index contributed by atoms with van der Waals surface area (Å²) < 4.78 is 27.8. The Morgan fingerprint density at radius 1 is 0.568 bits per heavy atom. The number of rotatable bonds is 18. The van der Waals surface area contributed by atoms with E-state index in [0.717, 1.165) is 16.7 Å². The molecular formula is C34H45N3O7. The van der Waals surface area contributed by atoms with E-state index in [9.17, 15) is 9.59 Å². The molecule has 0 atom stereocenters. The van der Waals surface area contributed by atoms with Crippen LogP contribution in [-0.4, -0.2) is 88.2 Å². The second kappa shape index (κ2) is 18.6. The van der Waals surface area contributed by atoms with E-state index < -0.39 is 17.6 Å². The molecule has 0 heterocycles. The zero-order chi connectivity index (χ0) is 31.6. The fourth-order valence-electron chi connectivity index (χ4n) is 4.74. The quantitative estimate of drug-likeness (QED) is 0.173. The summed E-state index contributed by atoms with van der Waals surface area (Å²) in [6.07, 6.45) is -1.06. The molecule has 3 rings (SSSR count). The Bertz CT molecular complexity index is 1160. The summed E-state index contributed by atoms with van der Waals surface area (Å²) in [7, 11) is 4.69. The van der Waals surface area contributed by atoms with Gasteiger partial charge in [0.1, 0.15) is 26.7 Å². The van der Waals surface area contributed by atoms with Crippen LogP contribution in [0.2, 0.25) is 0 Å². The lowest BCUT2D eigenvalue weighted by Gasteiger charge is -2.35. The van der Waals surface area contributed by atoms with E-state index in [1.54, 1.807) is 7.11 Å². The first-order valence-electron chi connectivity index (χ1n) is 14.5. The maximum absolute atomic E-state index is 13.3. The van der Waals surface area contributed by atoms with Crippen molar-refractivity contribution in [3.05, 3.63) is 108 Å². The molecule has 44 heavy (non-hydrogen) atoms. The molecule has 0 aliphatic carbocycles. The molecule has 10 nitrogen and oxygen atoms in total. The lowest BCUT2D eigenvalue weighted by atomic mass is 9.92. The predicted molar refractivity (Wildman–Crippen MR) is 167 cm³/mol. The average molecular weight is 608 g/mol. The van der Waals surface area contributed by atoms with Crippen molar-refractivity contribution >= 4 is 12.2 Å². The summed E-state index contributed by atoms with van der Waals surface area (Å²) in [4.78, 5) is 31.6. The molecule has 0 unspecified atom stereocenters. The Morgan fingerprint density at radius 3 is 1.30 bits per heavy atom. The van der Waals surface area contributed by atoms with Crippen molar-refractivity contribution in [3.8, 4) is 0 Å². The van der Waals surface area contributed by atoms with Crippen LogP contribution < -0.4 is 0 Å². The lowest BCUT2D eigenvalue weighted by Crippen LogP contribution is -2.45. The molecule has 0 N–H and O–H groups in total. The van der Waals surface area contributed by atoms with Crippen LogP contribution in [0.1, 0.15) is 23.6 Å². The molecule has 0 bridgehead atoms. The number of nitrogens with zero attached hydrogens (tertiary/aromatic N) is 3. The Kier molecular flexibility index (Phi) is 14.6. The summed E-state index contributed by atoms with van der Waals surface area (Å²) in [5.74, 6) is 0. The van der Waals surface area contributed by atoms with Crippen LogP contribution in [0.5, 0.6) is 0 Å². The van der Waals surface area contributed by atoms with Crippen molar-refractivity contribution in [2.75, 3.05) is 61.3 Å². The van der Waals surface area contributed by atoms with Gasteiger partial charge in [0.25, 0.3) is 0 Å². The Hall–Kier alpha value is -3.96. The monoisotopic (exact) mass is 607 g/mol. The maximum atomic E-state index is 13.3. The zero-order valence-corrected chi connectivity index (χ0v) is 26.2. The number of carbonyl (C=O) groups excluding carboxylic acids is 2. The molecule has 3 aromatic carbocycles. The highest BCUT2D eigenvalue weighted by atomic mass is 16.6. The largest absolute Gasteiger partial charge is 0.449 e. The number of hydrogen-bond acceptors (Lipinski definition) is 8. The van der Waals surface area contributed by atoms with Crippen LogP contribution in [0, 0.1) is 5.41 Å². The minimum Gasteiger partial charge on any atom is -0.449 e. The molecule has 0 aliphatic heterocycles. The highest BCUT2D eigenvalue weighted by Crippen LogP contribution is 2.23. The van der Waals surface area contributed by atoms with Gasteiger partial charge in [-0.3, -0.25) is 14.7 Å². The minimum atomic E-state index is -0.782. The zero-order valence-electron chi connectivity index (χ0n) is 26.2. The van der Waals surface area contributed by atoms with Gasteiger partial charge in [0.05, 0.1) is 19.8 Å². The molecule has 10 heteroatoms. The molecule has 0 aliphatic rings. The van der Waals surface area contributed by atoms with Crippen molar-refractivity contribution < 1.29 is 33.3 Å². The summed E-state index contributed by atoms with van der Waals surface area (Å²) in [6.45, 7) is 4.05. The van der Waals surface area contributed by atoms with Gasteiger partial charge in [-0.25, -0.2) is 9.59 Å². The lowest BCUT2D eigenvalue weighted by molar-refractivity contribution is -0.0386.